The smallest absolute Gasteiger partial charge is 0.266 e. The number of hydrogen-bond acceptors (Lipinski definition) is 8. The first kappa shape index (κ1) is 15.9. The van der Waals surface area contributed by atoms with Crippen molar-refractivity contribution in [3.8, 4) is 5.82 Å². The SMILES string of the molecule is O=c1ccc(-n2cccn2)nn1CCN1CCN(c2cnsn2)CC1. The molecule has 0 saturated carbocycles. The van der Waals surface area contributed by atoms with Crippen LogP contribution in [0.5, 0.6) is 0 Å². The van der Waals surface area contributed by atoms with Crippen LogP contribution in [0, 0.1) is 0 Å². The summed E-state index contributed by atoms with van der Waals surface area (Å²) in [5.74, 6) is 1.60. The summed E-state index contributed by atoms with van der Waals surface area (Å²) in [6, 6.07) is 5.05. The normalized spacial score (nSPS) is 15.6. The van der Waals surface area contributed by atoms with Crippen LogP contribution in [0.1, 0.15) is 0 Å². The lowest BCUT2D eigenvalue weighted by Crippen LogP contribution is -2.47. The predicted octanol–water partition coefficient (Wildman–Crippen LogP) is 0.103. The number of piperazine rings is 1. The molecule has 3 aromatic rings. The highest BCUT2D eigenvalue weighted by molar-refractivity contribution is 6.99. The van der Waals surface area contributed by atoms with E-state index in [1.54, 1.807) is 16.9 Å². The third-order valence-corrected chi connectivity index (χ3v) is 4.73. The zero-order valence-electron chi connectivity index (χ0n) is 13.6. The second-order valence-electron chi connectivity index (χ2n) is 5.80. The van der Waals surface area contributed by atoms with Crippen molar-refractivity contribution in [2.24, 2.45) is 0 Å². The minimum Gasteiger partial charge on any atom is -0.352 e. The minimum absolute atomic E-state index is 0.0944. The molecule has 10 heteroatoms. The summed E-state index contributed by atoms with van der Waals surface area (Å²) in [4.78, 5) is 16.6. The Hall–Kier alpha value is -2.59. The van der Waals surface area contributed by atoms with Crippen molar-refractivity contribution in [3.63, 3.8) is 0 Å². The molecule has 0 N–H and O–H groups in total. The molecule has 4 rings (SSSR count). The van der Waals surface area contributed by atoms with Crippen molar-refractivity contribution in [1.29, 1.82) is 0 Å². The monoisotopic (exact) mass is 358 g/mol. The molecular formula is C15H18N8OS. The lowest BCUT2D eigenvalue weighted by Gasteiger charge is -2.34. The van der Waals surface area contributed by atoms with Gasteiger partial charge in [-0.25, -0.2) is 9.36 Å². The summed E-state index contributed by atoms with van der Waals surface area (Å²) in [6.07, 6.45) is 5.31. The Morgan fingerprint density at radius 3 is 2.68 bits per heavy atom. The molecule has 0 amide bonds. The Morgan fingerprint density at radius 1 is 1.08 bits per heavy atom. The largest absolute Gasteiger partial charge is 0.352 e. The van der Waals surface area contributed by atoms with Crippen molar-refractivity contribution in [3.05, 3.63) is 47.1 Å². The van der Waals surface area contributed by atoms with Crippen LogP contribution in [0.3, 0.4) is 0 Å². The molecule has 1 aliphatic heterocycles. The Bertz CT molecular complexity index is 852. The standard InChI is InChI=1S/C15H18N8OS/c24-15-3-2-13(22-5-1-4-16-22)18-23(15)11-8-20-6-9-21(10-7-20)14-12-17-25-19-14/h1-5,12H,6-11H2. The Morgan fingerprint density at radius 2 is 1.96 bits per heavy atom. The molecule has 0 spiro atoms. The molecule has 1 saturated heterocycles. The van der Waals surface area contributed by atoms with Crippen LogP contribution < -0.4 is 10.5 Å². The minimum atomic E-state index is -0.0944. The van der Waals surface area contributed by atoms with Gasteiger partial charge in [0.2, 0.25) is 0 Å². The van der Waals surface area contributed by atoms with Gasteiger partial charge in [-0.2, -0.15) is 13.8 Å². The van der Waals surface area contributed by atoms with E-state index in [1.165, 1.54) is 22.5 Å². The maximum absolute atomic E-state index is 12.1. The molecule has 0 radical (unpaired) electrons. The maximum atomic E-state index is 12.1. The number of hydrogen-bond donors (Lipinski definition) is 0. The molecule has 1 aliphatic rings. The van der Waals surface area contributed by atoms with Crippen LogP contribution in [0.25, 0.3) is 5.82 Å². The van der Waals surface area contributed by atoms with E-state index in [2.05, 4.69) is 28.7 Å². The van der Waals surface area contributed by atoms with E-state index >= 15 is 0 Å². The summed E-state index contributed by atoms with van der Waals surface area (Å²) >= 11 is 1.23. The van der Waals surface area contributed by atoms with Crippen LogP contribution in [-0.4, -0.2) is 65.9 Å². The Kier molecular flexibility index (Phi) is 4.53. The van der Waals surface area contributed by atoms with Crippen molar-refractivity contribution < 1.29 is 0 Å². The van der Waals surface area contributed by atoms with Gasteiger partial charge in [0.1, 0.15) is 0 Å². The van der Waals surface area contributed by atoms with E-state index in [4.69, 9.17) is 0 Å². The Labute approximate surface area is 148 Å². The number of rotatable bonds is 5. The summed E-state index contributed by atoms with van der Waals surface area (Å²) < 4.78 is 11.5. The molecule has 0 aliphatic carbocycles. The molecule has 4 heterocycles. The van der Waals surface area contributed by atoms with E-state index in [0.717, 1.165) is 38.5 Å². The van der Waals surface area contributed by atoms with E-state index in [1.807, 2.05) is 18.5 Å². The molecule has 0 bridgehead atoms. The highest BCUT2D eigenvalue weighted by atomic mass is 32.1. The summed E-state index contributed by atoms with van der Waals surface area (Å²) in [7, 11) is 0. The molecule has 9 nitrogen and oxygen atoms in total. The molecule has 0 unspecified atom stereocenters. The average Bonchev–Trinajstić information content (AvgIpc) is 3.35. The molecule has 25 heavy (non-hydrogen) atoms. The summed E-state index contributed by atoms with van der Waals surface area (Å²) in [6.45, 7) is 5.06. The summed E-state index contributed by atoms with van der Waals surface area (Å²) in [5.41, 5.74) is -0.0944. The topological polar surface area (TPSA) is 85.0 Å². The number of nitrogens with zero attached hydrogens (tertiary/aromatic N) is 8. The first-order valence-corrected chi connectivity index (χ1v) is 8.86. The molecule has 3 aromatic heterocycles. The molecular weight excluding hydrogens is 340 g/mol. The third-order valence-electron chi connectivity index (χ3n) is 4.27. The first-order valence-electron chi connectivity index (χ1n) is 8.13. The van der Waals surface area contributed by atoms with Gasteiger partial charge in [-0.05, 0) is 12.1 Å². The third kappa shape index (κ3) is 3.59. The number of aromatic nitrogens is 6. The highest BCUT2D eigenvalue weighted by Gasteiger charge is 2.18. The fourth-order valence-corrected chi connectivity index (χ4v) is 3.30. The lowest BCUT2D eigenvalue weighted by molar-refractivity contribution is 0.242. The van der Waals surface area contributed by atoms with E-state index in [-0.39, 0.29) is 5.56 Å². The van der Waals surface area contributed by atoms with Gasteiger partial charge in [0.15, 0.2) is 11.6 Å². The lowest BCUT2D eigenvalue weighted by atomic mass is 10.3. The Balaban J connectivity index is 1.36. The van der Waals surface area contributed by atoms with Crippen LogP contribution >= 0.6 is 11.7 Å². The van der Waals surface area contributed by atoms with Crippen LogP contribution in [0.15, 0.2) is 41.6 Å². The molecule has 0 atom stereocenters. The fourth-order valence-electron chi connectivity index (χ4n) is 2.86. The van der Waals surface area contributed by atoms with Crippen LogP contribution in [0.2, 0.25) is 0 Å². The van der Waals surface area contributed by atoms with E-state index in [9.17, 15) is 4.79 Å². The zero-order valence-corrected chi connectivity index (χ0v) is 14.4. The van der Waals surface area contributed by atoms with Gasteiger partial charge in [0, 0.05) is 51.2 Å². The fraction of sp³-hybridized carbons (Fsp3) is 0.400. The summed E-state index contributed by atoms with van der Waals surface area (Å²) in [5, 5.41) is 8.56. The second-order valence-corrected chi connectivity index (χ2v) is 6.35. The molecule has 130 valence electrons. The van der Waals surface area contributed by atoms with Crippen molar-refractivity contribution >= 4 is 17.5 Å². The quantitative estimate of drug-likeness (QED) is 0.640. The van der Waals surface area contributed by atoms with E-state index < -0.39 is 0 Å². The van der Waals surface area contributed by atoms with Gasteiger partial charge < -0.3 is 4.90 Å². The highest BCUT2D eigenvalue weighted by Crippen LogP contribution is 2.13. The van der Waals surface area contributed by atoms with Crippen molar-refractivity contribution in [2.45, 2.75) is 6.54 Å². The van der Waals surface area contributed by atoms with Gasteiger partial charge in [-0.15, -0.1) is 5.10 Å². The van der Waals surface area contributed by atoms with E-state index in [0.29, 0.717) is 12.4 Å². The zero-order chi connectivity index (χ0) is 17.1. The van der Waals surface area contributed by atoms with Gasteiger partial charge >= 0.3 is 0 Å². The number of anilines is 1. The van der Waals surface area contributed by atoms with Gasteiger partial charge in [0.05, 0.1) is 24.5 Å². The van der Waals surface area contributed by atoms with Crippen LogP contribution in [0.4, 0.5) is 5.82 Å². The van der Waals surface area contributed by atoms with Gasteiger partial charge in [-0.3, -0.25) is 9.69 Å². The first-order chi connectivity index (χ1) is 12.3. The van der Waals surface area contributed by atoms with Crippen molar-refractivity contribution in [1.82, 2.24) is 33.2 Å². The van der Waals surface area contributed by atoms with Gasteiger partial charge in [0.25, 0.3) is 5.56 Å². The average molecular weight is 358 g/mol. The van der Waals surface area contributed by atoms with Crippen molar-refractivity contribution in [2.75, 3.05) is 37.6 Å². The van der Waals surface area contributed by atoms with Gasteiger partial charge in [-0.1, -0.05) is 0 Å². The molecule has 1 fully saturated rings. The predicted molar refractivity (Wildman–Crippen MR) is 94.2 cm³/mol. The molecule has 0 aromatic carbocycles. The maximum Gasteiger partial charge on any atom is 0.266 e. The second kappa shape index (κ2) is 7.11. The van der Waals surface area contributed by atoms with Crippen LogP contribution in [-0.2, 0) is 6.54 Å².